The van der Waals surface area contributed by atoms with Gasteiger partial charge in [-0.15, -0.1) is 0 Å². The Kier molecular flexibility index (Phi) is 4.66. The lowest BCUT2D eigenvalue weighted by Crippen LogP contribution is -2.38. The summed E-state index contributed by atoms with van der Waals surface area (Å²) in [6.07, 6.45) is 2.47. The smallest absolute Gasteiger partial charge is 0.119 e. The van der Waals surface area contributed by atoms with Crippen molar-refractivity contribution in [3.8, 4) is 11.5 Å². The first-order valence-electron chi connectivity index (χ1n) is 6.98. The second kappa shape index (κ2) is 6.26. The molecule has 0 amide bonds. The molecule has 0 aliphatic carbocycles. The fraction of sp³-hybridized carbons (Fsp3) is 0.600. The third-order valence-corrected chi connectivity index (χ3v) is 3.83. The minimum Gasteiger partial charge on any atom is -0.508 e. The Hall–Kier alpha value is -1.26. The Balaban J connectivity index is 1.98. The molecule has 4 nitrogen and oxygen atoms in total. The van der Waals surface area contributed by atoms with Crippen LogP contribution in [-0.2, 0) is 4.74 Å². The number of benzene rings is 1. The SMILES string of the molecule is CCOC1CCN(C(C)c2cc(O)cc(O)c2)CC1. The van der Waals surface area contributed by atoms with Gasteiger partial charge in [0.2, 0.25) is 0 Å². The van der Waals surface area contributed by atoms with Gasteiger partial charge in [0.05, 0.1) is 6.10 Å². The van der Waals surface area contributed by atoms with Crippen LogP contribution in [0.25, 0.3) is 0 Å². The molecule has 0 aromatic heterocycles. The summed E-state index contributed by atoms with van der Waals surface area (Å²) in [5.41, 5.74) is 0.951. The number of piperidine rings is 1. The number of hydrogen-bond acceptors (Lipinski definition) is 4. The van der Waals surface area contributed by atoms with E-state index in [2.05, 4.69) is 11.8 Å². The molecule has 1 aromatic carbocycles. The molecule has 0 radical (unpaired) electrons. The van der Waals surface area contributed by atoms with Gasteiger partial charge in [0.15, 0.2) is 0 Å². The highest BCUT2D eigenvalue weighted by atomic mass is 16.5. The van der Waals surface area contributed by atoms with E-state index in [4.69, 9.17) is 4.74 Å². The lowest BCUT2D eigenvalue weighted by atomic mass is 10.0. The maximum atomic E-state index is 9.55. The van der Waals surface area contributed by atoms with Crippen molar-refractivity contribution in [1.82, 2.24) is 4.90 Å². The van der Waals surface area contributed by atoms with E-state index in [1.54, 1.807) is 12.1 Å². The average Bonchev–Trinajstić information content (AvgIpc) is 2.38. The fourth-order valence-corrected chi connectivity index (χ4v) is 2.74. The molecule has 1 atom stereocenters. The van der Waals surface area contributed by atoms with Crippen molar-refractivity contribution in [1.29, 1.82) is 0 Å². The number of ether oxygens (including phenoxy) is 1. The highest BCUT2D eigenvalue weighted by molar-refractivity contribution is 5.38. The van der Waals surface area contributed by atoms with Gasteiger partial charge in [0.1, 0.15) is 11.5 Å². The molecule has 19 heavy (non-hydrogen) atoms. The number of rotatable bonds is 4. The Morgan fingerprint density at radius 1 is 1.21 bits per heavy atom. The number of nitrogens with zero attached hydrogens (tertiary/aromatic N) is 1. The quantitative estimate of drug-likeness (QED) is 0.878. The van der Waals surface area contributed by atoms with E-state index >= 15 is 0 Å². The summed E-state index contributed by atoms with van der Waals surface area (Å²) in [5.74, 6) is 0.233. The minimum atomic E-state index is 0.117. The number of phenolic OH excluding ortho intramolecular Hbond substituents is 2. The first-order valence-corrected chi connectivity index (χ1v) is 6.98. The van der Waals surface area contributed by atoms with Gasteiger partial charge in [-0.3, -0.25) is 4.90 Å². The van der Waals surface area contributed by atoms with Gasteiger partial charge in [0.25, 0.3) is 0 Å². The summed E-state index contributed by atoms with van der Waals surface area (Å²) in [6.45, 7) is 6.89. The van der Waals surface area contributed by atoms with Crippen molar-refractivity contribution in [2.45, 2.75) is 38.8 Å². The first-order chi connectivity index (χ1) is 9.10. The number of aromatic hydroxyl groups is 2. The molecule has 1 saturated heterocycles. The summed E-state index contributed by atoms with van der Waals surface area (Å²) in [7, 11) is 0. The van der Waals surface area contributed by atoms with Gasteiger partial charge in [-0.1, -0.05) is 0 Å². The van der Waals surface area contributed by atoms with Crippen LogP contribution in [0, 0.1) is 0 Å². The first kappa shape index (κ1) is 14.2. The topological polar surface area (TPSA) is 52.9 Å². The number of phenols is 2. The zero-order chi connectivity index (χ0) is 13.8. The van der Waals surface area contributed by atoms with Crippen LogP contribution < -0.4 is 0 Å². The summed E-state index contributed by atoms with van der Waals surface area (Å²) < 4.78 is 5.65. The zero-order valence-corrected chi connectivity index (χ0v) is 11.7. The molecular formula is C15H23NO3. The second-order valence-corrected chi connectivity index (χ2v) is 5.15. The van der Waals surface area contributed by atoms with Gasteiger partial charge >= 0.3 is 0 Å². The third kappa shape index (κ3) is 3.61. The number of likely N-dealkylation sites (tertiary alicyclic amines) is 1. The molecule has 1 aromatic rings. The highest BCUT2D eigenvalue weighted by Gasteiger charge is 2.24. The Morgan fingerprint density at radius 3 is 2.32 bits per heavy atom. The van der Waals surface area contributed by atoms with E-state index in [1.165, 1.54) is 6.07 Å². The van der Waals surface area contributed by atoms with Gasteiger partial charge < -0.3 is 14.9 Å². The van der Waals surface area contributed by atoms with E-state index in [9.17, 15) is 10.2 Å². The van der Waals surface area contributed by atoms with Gasteiger partial charge in [-0.05, 0) is 44.4 Å². The summed E-state index contributed by atoms with van der Waals surface area (Å²) >= 11 is 0. The monoisotopic (exact) mass is 265 g/mol. The van der Waals surface area contributed by atoms with Crippen LogP contribution in [0.2, 0.25) is 0 Å². The van der Waals surface area contributed by atoms with Gasteiger partial charge in [-0.25, -0.2) is 0 Å². The molecule has 4 heteroatoms. The molecule has 1 unspecified atom stereocenters. The normalized spacial score (nSPS) is 19.5. The Labute approximate surface area is 114 Å². The van der Waals surface area contributed by atoms with E-state index < -0.39 is 0 Å². The van der Waals surface area contributed by atoms with Gasteiger partial charge in [-0.2, -0.15) is 0 Å². The number of hydrogen-bond donors (Lipinski definition) is 2. The molecule has 0 bridgehead atoms. The lowest BCUT2D eigenvalue weighted by Gasteiger charge is -2.36. The van der Waals surface area contributed by atoms with Crippen LogP contribution in [0.4, 0.5) is 0 Å². The molecule has 2 rings (SSSR count). The Morgan fingerprint density at radius 2 is 1.79 bits per heavy atom. The van der Waals surface area contributed by atoms with Crippen molar-refractivity contribution in [3.05, 3.63) is 23.8 Å². The summed E-state index contributed by atoms with van der Waals surface area (Å²) in [6, 6.07) is 5.00. The van der Waals surface area contributed by atoms with Crippen molar-refractivity contribution in [2.24, 2.45) is 0 Å². The van der Waals surface area contributed by atoms with Crippen LogP contribution in [0.15, 0.2) is 18.2 Å². The summed E-state index contributed by atoms with van der Waals surface area (Å²) in [5, 5.41) is 19.1. The third-order valence-electron chi connectivity index (χ3n) is 3.83. The van der Waals surface area contributed by atoms with Crippen LogP contribution >= 0.6 is 0 Å². The van der Waals surface area contributed by atoms with E-state index in [1.807, 2.05) is 6.92 Å². The fourth-order valence-electron chi connectivity index (χ4n) is 2.74. The predicted octanol–water partition coefficient (Wildman–Crippen LogP) is 2.66. The summed E-state index contributed by atoms with van der Waals surface area (Å²) in [4.78, 5) is 2.36. The van der Waals surface area contributed by atoms with E-state index in [-0.39, 0.29) is 17.5 Å². The lowest BCUT2D eigenvalue weighted by molar-refractivity contribution is 0.00551. The highest BCUT2D eigenvalue weighted by Crippen LogP contribution is 2.30. The maximum Gasteiger partial charge on any atom is 0.119 e. The molecule has 1 fully saturated rings. The van der Waals surface area contributed by atoms with Crippen LogP contribution in [0.3, 0.4) is 0 Å². The molecule has 1 aliphatic rings. The van der Waals surface area contributed by atoms with Crippen molar-refractivity contribution >= 4 is 0 Å². The molecule has 1 heterocycles. The average molecular weight is 265 g/mol. The second-order valence-electron chi connectivity index (χ2n) is 5.15. The molecule has 0 spiro atoms. The van der Waals surface area contributed by atoms with Crippen LogP contribution in [0.1, 0.15) is 38.3 Å². The molecule has 106 valence electrons. The Bertz CT molecular complexity index is 394. The van der Waals surface area contributed by atoms with Crippen molar-refractivity contribution in [2.75, 3.05) is 19.7 Å². The van der Waals surface area contributed by atoms with Crippen LogP contribution in [-0.4, -0.2) is 40.9 Å². The minimum absolute atomic E-state index is 0.117. The largest absolute Gasteiger partial charge is 0.508 e. The van der Waals surface area contributed by atoms with Crippen molar-refractivity contribution < 1.29 is 14.9 Å². The van der Waals surface area contributed by atoms with E-state index in [0.29, 0.717) is 6.10 Å². The van der Waals surface area contributed by atoms with Crippen molar-refractivity contribution in [3.63, 3.8) is 0 Å². The van der Waals surface area contributed by atoms with Gasteiger partial charge in [0, 0.05) is 31.8 Å². The molecule has 2 N–H and O–H groups in total. The standard InChI is InChI=1S/C15H23NO3/c1-3-19-15-4-6-16(7-5-15)11(2)12-8-13(17)10-14(18)9-12/h8-11,15,17-18H,3-7H2,1-2H3. The molecule has 0 saturated carbocycles. The zero-order valence-electron chi connectivity index (χ0n) is 11.7. The molecule has 1 aliphatic heterocycles. The van der Waals surface area contributed by atoms with E-state index in [0.717, 1.165) is 38.1 Å². The maximum absolute atomic E-state index is 9.55. The molecular weight excluding hydrogens is 242 g/mol. The van der Waals surface area contributed by atoms with Crippen LogP contribution in [0.5, 0.6) is 11.5 Å². The predicted molar refractivity (Wildman–Crippen MR) is 74.4 cm³/mol.